The maximum Gasteiger partial charge on any atom is 0.0524 e. The van der Waals surface area contributed by atoms with E-state index in [9.17, 15) is 5.11 Å². The van der Waals surface area contributed by atoms with Gasteiger partial charge in [0.25, 0.3) is 0 Å². The SMILES string of the molecule is CC(O)CCN(Cc1ccccc1)Cc1ccccc1. The van der Waals surface area contributed by atoms with Gasteiger partial charge in [0.05, 0.1) is 6.10 Å². The maximum absolute atomic E-state index is 9.51. The average Bonchev–Trinajstić information content (AvgIpc) is 2.47. The fraction of sp³-hybridized carbons (Fsp3) is 0.333. The van der Waals surface area contributed by atoms with E-state index in [-0.39, 0.29) is 6.10 Å². The number of nitrogens with zero attached hydrogens (tertiary/aromatic N) is 1. The zero-order chi connectivity index (χ0) is 14.2. The second kappa shape index (κ2) is 7.83. The van der Waals surface area contributed by atoms with Crippen molar-refractivity contribution < 1.29 is 5.11 Å². The first kappa shape index (κ1) is 14.8. The number of hydrogen-bond donors (Lipinski definition) is 1. The highest BCUT2D eigenvalue weighted by molar-refractivity contribution is 5.17. The molecule has 0 aliphatic heterocycles. The lowest BCUT2D eigenvalue weighted by Gasteiger charge is -2.23. The van der Waals surface area contributed by atoms with E-state index >= 15 is 0 Å². The Hall–Kier alpha value is -1.64. The Bertz CT molecular complexity index is 440. The van der Waals surface area contributed by atoms with Crippen LogP contribution in [0.15, 0.2) is 60.7 Å². The molecule has 0 saturated carbocycles. The molecule has 2 aromatic carbocycles. The Morgan fingerprint density at radius 2 is 1.30 bits per heavy atom. The van der Waals surface area contributed by atoms with Crippen LogP contribution in [-0.2, 0) is 13.1 Å². The van der Waals surface area contributed by atoms with E-state index in [1.165, 1.54) is 11.1 Å². The molecule has 0 spiro atoms. The van der Waals surface area contributed by atoms with Crippen molar-refractivity contribution >= 4 is 0 Å². The first-order valence-electron chi connectivity index (χ1n) is 7.22. The van der Waals surface area contributed by atoms with E-state index in [1.54, 1.807) is 0 Å². The molecular weight excluding hydrogens is 246 g/mol. The maximum atomic E-state index is 9.51. The zero-order valence-corrected chi connectivity index (χ0v) is 12.1. The molecule has 1 N–H and O–H groups in total. The van der Waals surface area contributed by atoms with Gasteiger partial charge in [-0.3, -0.25) is 4.90 Å². The van der Waals surface area contributed by atoms with Crippen molar-refractivity contribution in [1.82, 2.24) is 4.90 Å². The van der Waals surface area contributed by atoms with Gasteiger partial charge in [0.1, 0.15) is 0 Å². The molecule has 0 heterocycles. The molecule has 0 bridgehead atoms. The predicted octanol–water partition coefficient (Wildman–Crippen LogP) is 3.46. The molecule has 0 aliphatic rings. The predicted molar refractivity (Wildman–Crippen MR) is 83.3 cm³/mol. The molecule has 0 aromatic heterocycles. The summed E-state index contributed by atoms with van der Waals surface area (Å²) in [5.41, 5.74) is 2.63. The van der Waals surface area contributed by atoms with Crippen LogP contribution in [0.25, 0.3) is 0 Å². The van der Waals surface area contributed by atoms with E-state index in [4.69, 9.17) is 0 Å². The minimum atomic E-state index is -0.246. The van der Waals surface area contributed by atoms with Gasteiger partial charge in [0.15, 0.2) is 0 Å². The standard InChI is InChI=1S/C18H23NO/c1-16(20)12-13-19(14-17-8-4-2-5-9-17)15-18-10-6-3-7-11-18/h2-11,16,20H,12-15H2,1H3. The summed E-state index contributed by atoms with van der Waals surface area (Å²) in [5.74, 6) is 0. The number of benzene rings is 2. The quantitative estimate of drug-likeness (QED) is 0.832. The highest BCUT2D eigenvalue weighted by Crippen LogP contribution is 2.11. The molecule has 106 valence electrons. The molecule has 1 atom stereocenters. The van der Waals surface area contributed by atoms with Crippen LogP contribution in [0.4, 0.5) is 0 Å². The van der Waals surface area contributed by atoms with Gasteiger partial charge in [0.2, 0.25) is 0 Å². The fourth-order valence-electron chi connectivity index (χ4n) is 2.27. The van der Waals surface area contributed by atoms with E-state index < -0.39 is 0 Å². The third-order valence-corrected chi connectivity index (χ3v) is 3.36. The summed E-state index contributed by atoms with van der Waals surface area (Å²) in [4.78, 5) is 2.39. The molecule has 2 rings (SSSR count). The van der Waals surface area contributed by atoms with Crippen molar-refractivity contribution in [2.45, 2.75) is 32.5 Å². The largest absolute Gasteiger partial charge is 0.393 e. The molecule has 2 aromatic rings. The van der Waals surface area contributed by atoms with Crippen LogP contribution in [0.1, 0.15) is 24.5 Å². The molecule has 20 heavy (non-hydrogen) atoms. The van der Waals surface area contributed by atoms with E-state index in [1.807, 2.05) is 19.1 Å². The summed E-state index contributed by atoms with van der Waals surface area (Å²) in [6.45, 7) is 4.59. The fourth-order valence-corrected chi connectivity index (χ4v) is 2.27. The number of rotatable bonds is 7. The van der Waals surface area contributed by atoms with Crippen molar-refractivity contribution in [3.63, 3.8) is 0 Å². The van der Waals surface area contributed by atoms with Gasteiger partial charge in [-0.2, -0.15) is 0 Å². The molecule has 0 radical (unpaired) electrons. The first-order valence-corrected chi connectivity index (χ1v) is 7.22. The number of aliphatic hydroxyl groups excluding tert-OH is 1. The van der Waals surface area contributed by atoms with Crippen molar-refractivity contribution in [1.29, 1.82) is 0 Å². The second-order valence-corrected chi connectivity index (χ2v) is 5.32. The van der Waals surface area contributed by atoms with E-state index in [0.29, 0.717) is 0 Å². The van der Waals surface area contributed by atoms with Crippen LogP contribution in [0.2, 0.25) is 0 Å². The van der Waals surface area contributed by atoms with Crippen LogP contribution < -0.4 is 0 Å². The van der Waals surface area contributed by atoms with Crippen LogP contribution in [-0.4, -0.2) is 22.7 Å². The van der Waals surface area contributed by atoms with Crippen molar-refractivity contribution in [3.05, 3.63) is 71.8 Å². The highest BCUT2D eigenvalue weighted by atomic mass is 16.3. The van der Waals surface area contributed by atoms with Crippen LogP contribution in [0.5, 0.6) is 0 Å². The Morgan fingerprint density at radius 3 is 1.70 bits per heavy atom. The van der Waals surface area contributed by atoms with Gasteiger partial charge >= 0.3 is 0 Å². The van der Waals surface area contributed by atoms with Gasteiger partial charge in [-0.25, -0.2) is 0 Å². The van der Waals surface area contributed by atoms with Gasteiger partial charge < -0.3 is 5.11 Å². The van der Waals surface area contributed by atoms with Gasteiger partial charge in [0, 0.05) is 19.6 Å². The minimum absolute atomic E-state index is 0.246. The summed E-state index contributed by atoms with van der Waals surface area (Å²) in [6.07, 6.45) is 0.559. The third-order valence-electron chi connectivity index (χ3n) is 3.36. The summed E-state index contributed by atoms with van der Waals surface area (Å²) in [5, 5.41) is 9.51. The molecule has 0 saturated heterocycles. The minimum Gasteiger partial charge on any atom is -0.393 e. The lowest BCUT2D eigenvalue weighted by molar-refractivity contribution is 0.150. The molecule has 1 unspecified atom stereocenters. The summed E-state index contributed by atoms with van der Waals surface area (Å²) in [6, 6.07) is 21.0. The molecule has 2 nitrogen and oxygen atoms in total. The molecule has 0 amide bonds. The third kappa shape index (κ3) is 5.16. The molecule has 0 aliphatic carbocycles. The normalized spacial score (nSPS) is 12.6. The Labute approximate surface area is 121 Å². The van der Waals surface area contributed by atoms with Gasteiger partial charge in [-0.15, -0.1) is 0 Å². The topological polar surface area (TPSA) is 23.5 Å². The number of hydrogen-bond acceptors (Lipinski definition) is 2. The highest BCUT2D eigenvalue weighted by Gasteiger charge is 2.08. The van der Waals surface area contributed by atoms with Gasteiger partial charge in [-0.05, 0) is 24.5 Å². The van der Waals surface area contributed by atoms with E-state index in [0.717, 1.165) is 26.1 Å². The molecule has 0 fully saturated rings. The summed E-state index contributed by atoms with van der Waals surface area (Å²) in [7, 11) is 0. The average molecular weight is 269 g/mol. The van der Waals surface area contributed by atoms with Crippen molar-refractivity contribution in [2.75, 3.05) is 6.54 Å². The lowest BCUT2D eigenvalue weighted by Crippen LogP contribution is -2.26. The Balaban J connectivity index is 2.00. The van der Waals surface area contributed by atoms with Crippen molar-refractivity contribution in [2.24, 2.45) is 0 Å². The molecular formula is C18H23NO. The lowest BCUT2D eigenvalue weighted by atomic mass is 10.1. The smallest absolute Gasteiger partial charge is 0.0524 e. The summed E-state index contributed by atoms with van der Waals surface area (Å²) < 4.78 is 0. The Kier molecular flexibility index (Phi) is 5.78. The monoisotopic (exact) mass is 269 g/mol. The van der Waals surface area contributed by atoms with Gasteiger partial charge in [-0.1, -0.05) is 60.7 Å². The Morgan fingerprint density at radius 1 is 0.850 bits per heavy atom. The number of aliphatic hydroxyl groups is 1. The zero-order valence-electron chi connectivity index (χ0n) is 12.1. The van der Waals surface area contributed by atoms with Crippen molar-refractivity contribution in [3.8, 4) is 0 Å². The first-order chi connectivity index (χ1) is 9.74. The van der Waals surface area contributed by atoms with E-state index in [2.05, 4.69) is 53.4 Å². The summed E-state index contributed by atoms with van der Waals surface area (Å²) >= 11 is 0. The van der Waals surface area contributed by atoms with Crippen LogP contribution in [0, 0.1) is 0 Å². The molecule has 2 heteroatoms. The second-order valence-electron chi connectivity index (χ2n) is 5.32. The van der Waals surface area contributed by atoms with Crippen LogP contribution >= 0.6 is 0 Å². The van der Waals surface area contributed by atoms with Crippen LogP contribution in [0.3, 0.4) is 0 Å².